The number of para-hydroxylation sites is 2. The maximum Gasteiger partial charge on any atom is 0.238 e. The lowest BCUT2D eigenvalue weighted by Crippen LogP contribution is -2.40. The number of carbonyl (C=O) groups is 2. The molecule has 2 aliphatic heterocycles. The Kier molecular flexibility index (Phi) is 4.96. The molecule has 5 heteroatoms. The monoisotopic (exact) mass is 315 g/mol. The number of carbonyl (C=O) groups excluding carboxylic acids is 2. The van der Waals surface area contributed by atoms with E-state index < -0.39 is 0 Å². The van der Waals surface area contributed by atoms with E-state index in [-0.39, 0.29) is 11.8 Å². The summed E-state index contributed by atoms with van der Waals surface area (Å²) in [4.78, 5) is 28.3. The standard InChI is InChI=1S/C18H25N3O2/c1-14-6-4-10-20(12-14)13-17(22)19-15-7-2-3-8-16(15)21-11-5-9-18(21)23/h2-3,7-8,14H,4-6,9-13H2,1H3,(H,19,22). The molecule has 5 nitrogen and oxygen atoms in total. The maximum absolute atomic E-state index is 12.4. The minimum absolute atomic E-state index is 0.00167. The van der Waals surface area contributed by atoms with Crippen LogP contribution in [-0.2, 0) is 9.59 Å². The van der Waals surface area contributed by atoms with Gasteiger partial charge >= 0.3 is 0 Å². The van der Waals surface area contributed by atoms with Gasteiger partial charge < -0.3 is 10.2 Å². The SMILES string of the molecule is CC1CCCN(CC(=O)Nc2ccccc2N2CCCC2=O)C1. The van der Waals surface area contributed by atoms with Crippen molar-refractivity contribution in [2.75, 3.05) is 36.4 Å². The number of anilines is 2. The molecule has 2 saturated heterocycles. The summed E-state index contributed by atoms with van der Waals surface area (Å²) in [6.45, 7) is 5.37. The molecule has 0 aromatic heterocycles. The number of amides is 2. The van der Waals surface area contributed by atoms with E-state index in [1.54, 1.807) is 4.90 Å². The molecular weight excluding hydrogens is 290 g/mol. The number of nitrogens with one attached hydrogen (secondary N) is 1. The molecule has 2 heterocycles. The Morgan fingerprint density at radius 3 is 2.83 bits per heavy atom. The molecule has 124 valence electrons. The van der Waals surface area contributed by atoms with Crippen molar-refractivity contribution in [2.24, 2.45) is 5.92 Å². The fraction of sp³-hybridized carbons (Fsp3) is 0.556. The van der Waals surface area contributed by atoms with Crippen LogP contribution in [0.2, 0.25) is 0 Å². The first-order valence-corrected chi connectivity index (χ1v) is 8.55. The van der Waals surface area contributed by atoms with Crippen molar-refractivity contribution in [1.29, 1.82) is 0 Å². The van der Waals surface area contributed by atoms with Gasteiger partial charge in [0.2, 0.25) is 11.8 Å². The Morgan fingerprint density at radius 1 is 1.26 bits per heavy atom. The van der Waals surface area contributed by atoms with Gasteiger partial charge in [-0.05, 0) is 43.9 Å². The summed E-state index contributed by atoms with van der Waals surface area (Å²) >= 11 is 0. The predicted octanol–water partition coefficient (Wildman–Crippen LogP) is 2.48. The normalized spacial score (nSPS) is 22.4. The van der Waals surface area contributed by atoms with Gasteiger partial charge in [0.25, 0.3) is 0 Å². The predicted molar refractivity (Wildman–Crippen MR) is 91.5 cm³/mol. The van der Waals surface area contributed by atoms with E-state index in [4.69, 9.17) is 0 Å². The molecule has 0 bridgehead atoms. The summed E-state index contributed by atoms with van der Waals surface area (Å²) in [5.41, 5.74) is 1.55. The molecule has 1 unspecified atom stereocenters. The zero-order valence-corrected chi connectivity index (χ0v) is 13.8. The second-order valence-electron chi connectivity index (χ2n) is 6.70. The second kappa shape index (κ2) is 7.13. The van der Waals surface area contributed by atoms with Gasteiger partial charge in [-0.15, -0.1) is 0 Å². The van der Waals surface area contributed by atoms with Gasteiger partial charge in [0.15, 0.2) is 0 Å². The number of likely N-dealkylation sites (tertiary alicyclic amines) is 1. The molecule has 23 heavy (non-hydrogen) atoms. The van der Waals surface area contributed by atoms with Crippen molar-refractivity contribution >= 4 is 23.2 Å². The molecule has 2 fully saturated rings. The Labute approximate surface area is 137 Å². The van der Waals surface area contributed by atoms with E-state index in [9.17, 15) is 9.59 Å². The van der Waals surface area contributed by atoms with Crippen LogP contribution in [-0.4, -0.2) is 42.9 Å². The molecular formula is C18H25N3O2. The Morgan fingerprint density at radius 2 is 2.09 bits per heavy atom. The van der Waals surface area contributed by atoms with E-state index in [1.807, 2.05) is 24.3 Å². The fourth-order valence-corrected chi connectivity index (χ4v) is 3.54. The largest absolute Gasteiger partial charge is 0.323 e. The van der Waals surface area contributed by atoms with Crippen molar-refractivity contribution in [3.05, 3.63) is 24.3 Å². The Hall–Kier alpha value is -1.88. The fourth-order valence-electron chi connectivity index (χ4n) is 3.54. The van der Waals surface area contributed by atoms with E-state index in [2.05, 4.69) is 17.1 Å². The molecule has 0 spiro atoms. The first-order chi connectivity index (χ1) is 11.1. The zero-order valence-electron chi connectivity index (χ0n) is 13.8. The van der Waals surface area contributed by atoms with E-state index >= 15 is 0 Å². The van der Waals surface area contributed by atoms with Gasteiger partial charge in [-0.1, -0.05) is 19.1 Å². The Balaban J connectivity index is 1.65. The maximum atomic E-state index is 12.4. The van der Waals surface area contributed by atoms with Crippen LogP contribution < -0.4 is 10.2 Å². The summed E-state index contributed by atoms with van der Waals surface area (Å²) in [5, 5.41) is 3.00. The Bertz CT molecular complexity index is 587. The number of hydrogen-bond donors (Lipinski definition) is 1. The lowest BCUT2D eigenvalue weighted by molar-refractivity contribution is -0.118. The molecule has 2 amide bonds. The van der Waals surface area contributed by atoms with Crippen molar-refractivity contribution in [1.82, 2.24) is 4.90 Å². The summed E-state index contributed by atoms with van der Waals surface area (Å²) in [6.07, 6.45) is 3.88. The van der Waals surface area contributed by atoms with E-state index in [0.29, 0.717) is 18.9 Å². The third-order valence-corrected chi connectivity index (χ3v) is 4.65. The van der Waals surface area contributed by atoms with Gasteiger partial charge in [-0.2, -0.15) is 0 Å². The minimum Gasteiger partial charge on any atom is -0.323 e. The van der Waals surface area contributed by atoms with E-state index in [0.717, 1.165) is 43.9 Å². The summed E-state index contributed by atoms with van der Waals surface area (Å²) in [6, 6.07) is 7.57. The first-order valence-electron chi connectivity index (χ1n) is 8.55. The molecule has 3 rings (SSSR count). The summed E-state index contributed by atoms with van der Waals surface area (Å²) in [5.74, 6) is 0.792. The smallest absolute Gasteiger partial charge is 0.238 e. The third-order valence-electron chi connectivity index (χ3n) is 4.65. The highest BCUT2D eigenvalue weighted by Gasteiger charge is 2.24. The minimum atomic E-state index is -0.00167. The van der Waals surface area contributed by atoms with Crippen molar-refractivity contribution < 1.29 is 9.59 Å². The highest BCUT2D eigenvalue weighted by atomic mass is 16.2. The van der Waals surface area contributed by atoms with Crippen LogP contribution in [0.1, 0.15) is 32.6 Å². The number of rotatable bonds is 4. The average Bonchev–Trinajstić information content (AvgIpc) is 2.94. The molecule has 1 atom stereocenters. The van der Waals surface area contributed by atoms with Crippen molar-refractivity contribution in [2.45, 2.75) is 32.6 Å². The van der Waals surface area contributed by atoms with Crippen LogP contribution in [0.25, 0.3) is 0 Å². The molecule has 0 radical (unpaired) electrons. The van der Waals surface area contributed by atoms with Gasteiger partial charge in [0.1, 0.15) is 0 Å². The van der Waals surface area contributed by atoms with Crippen LogP contribution in [0.5, 0.6) is 0 Å². The van der Waals surface area contributed by atoms with E-state index in [1.165, 1.54) is 6.42 Å². The lowest BCUT2D eigenvalue weighted by Gasteiger charge is -2.30. The van der Waals surface area contributed by atoms with Crippen LogP contribution in [0.3, 0.4) is 0 Å². The highest BCUT2D eigenvalue weighted by molar-refractivity contribution is 6.02. The first kappa shape index (κ1) is 16.0. The zero-order chi connectivity index (χ0) is 16.2. The number of benzene rings is 1. The number of hydrogen-bond acceptors (Lipinski definition) is 3. The number of nitrogens with zero attached hydrogens (tertiary/aromatic N) is 2. The van der Waals surface area contributed by atoms with Crippen LogP contribution in [0, 0.1) is 5.92 Å². The summed E-state index contributed by atoms with van der Waals surface area (Å²) < 4.78 is 0. The second-order valence-corrected chi connectivity index (χ2v) is 6.70. The van der Waals surface area contributed by atoms with Gasteiger partial charge in [-0.3, -0.25) is 14.5 Å². The van der Waals surface area contributed by atoms with Crippen LogP contribution >= 0.6 is 0 Å². The van der Waals surface area contributed by atoms with Crippen molar-refractivity contribution in [3.63, 3.8) is 0 Å². The van der Waals surface area contributed by atoms with Gasteiger partial charge in [0, 0.05) is 19.5 Å². The molecule has 2 aliphatic rings. The van der Waals surface area contributed by atoms with Crippen LogP contribution in [0.15, 0.2) is 24.3 Å². The van der Waals surface area contributed by atoms with Gasteiger partial charge in [-0.25, -0.2) is 0 Å². The van der Waals surface area contributed by atoms with Crippen molar-refractivity contribution in [3.8, 4) is 0 Å². The summed E-state index contributed by atoms with van der Waals surface area (Å²) in [7, 11) is 0. The molecule has 0 aliphatic carbocycles. The molecule has 1 aromatic carbocycles. The molecule has 1 aromatic rings. The lowest BCUT2D eigenvalue weighted by atomic mass is 10.0. The number of piperidine rings is 1. The van der Waals surface area contributed by atoms with Crippen LogP contribution in [0.4, 0.5) is 11.4 Å². The molecule has 1 N–H and O–H groups in total. The topological polar surface area (TPSA) is 52.7 Å². The van der Waals surface area contributed by atoms with Gasteiger partial charge in [0.05, 0.1) is 17.9 Å². The highest BCUT2D eigenvalue weighted by Crippen LogP contribution is 2.29. The average molecular weight is 315 g/mol. The third kappa shape index (κ3) is 3.91. The molecule has 0 saturated carbocycles. The quantitative estimate of drug-likeness (QED) is 0.929.